The molecule has 1 aromatic heterocycles. The van der Waals surface area contributed by atoms with Crippen molar-refractivity contribution in [3.63, 3.8) is 0 Å². The third kappa shape index (κ3) is 2.79. The first-order valence-corrected chi connectivity index (χ1v) is 6.13. The molecule has 0 atom stereocenters. The third-order valence-electron chi connectivity index (χ3n) is 2.79. The maximum absolute atomic E-state index is 10.7. The van der Waals surface area contributed by atoms with Crippen LogP contribution in [0.4, 0.5) is 0 Å². The quantitative estimate of drug-likeness (QED) is 0.827. The summed E-state index contributed by atoms with van der Waals surface area (Å²) >= 11 is 1.36. The van der Waals surface area contributed by atoms with E-state index in [1.165, 1.54) is 37.0 Å². The van der Waals surface area contributed by atoms with Gasteiger partial charge in [0.2, 0.25) is 0 Å². The second-order valence-electron chi connectivity index (χ2n) is 3.93. The Morgan fingerprint density at radius 1 is 1.47 bits per heavy atom. The van der Waals surface area contributed by atoms with Crippen molar-refractivity contribution in [1.82, 2.24) is 5.32 Å². The molecule has 0 saturated heterocycles. The van der Waals surface area contributed by atoms with E-state index in [0.717, 1.165) is 11.4 Å². The highest BCUT2D eigenvalue weighted by molar-refractivity contribution is 7.13. The van der Waals surface area contributed by atoms with Crippen LogP contribution in [0.1, 0.15) is 40.2 Å². The summed E-state index contributed by atoms with van der Waals surface area (Å²) in [6.45, 7) is 0.808. The summed E-state index contributed by atoms with van der Waals surface area (Å²) in [6, 6.07) is 4.22. The van der Waals surface area contributed by atoms with E-state index in [0.29, 0.717) is 10.9 Å². The Labute approximate surface area is 93.1 Å². The zero-order chi connectivity index (χ0) is 10.7. The molecular weight excluding hydrogens is 210 g/mol. The Morgan fingerprint density at radius 2 is 2.20 bits per heavy atom. The molecule has 15 heavy (non-hydrogen) atoms. The summed E-state index contributed by atoms with van der Waals surface area (Å²) in [6.07, 6.45) is 5.17. The lowest BCUT2D eigenvalue weighted by Crippen LogP contribution is -2.24. The summed E-state index contributed by atoms with van der Waals surface area (Å²) in [5.74, 6) is -0.827. The molecule has 1 aliphatic rings. The van der Waals surface area contributed by atoms with E-state index < -0.39 is 5.97 Å². The van der Waals surface area contributed by atoms with E-state index in [1.54, 1.807) is 6.07 Å². The van der Waals surface area contributed by atoms with Gasteiger partial charge in [-0.05, 0) is 25.0 Å². The number of nitrogens with one attached hydrogen (secondary N) is 1. The lowest BCUT2D eigenvalue weighted by molar-refractivity contribution is 0.0702. The largest absolute Gasteiger partial charge is 0.477 e. The van der Waals surface area contributed by atoms with Crippen LogP contribution in [0.2, 0.25) is 0 Å². The molecule has 1 fully saturated rings. The molecule has 0 spiro atoms. The summed E-state index contributed by atoms with van der Waals surface area (Å²) in [5.41, 5.74) is 0. The number of carboxylic acid groups (broad SMARTS) is 1. The molecule has 0 unspecified atom stereocenters. The molecular formula is C11H15NO2S. The highest BCUT2D eigenvalue weighted by atomic mass is 32.1. The standard InChI is InChI=1S/C11H15NO2S/c13-11(14)10-6-5-9(15-10)7-12-8-3-1-2-4-8/h5-6,8,12H,1-4,7H2,(H,13,14). The Morgan fingerprint density at radius 3 is 2.80 bits per heavy atom. The molecule has 82 valence electrons. The number of rotatable bonds is 4. The van der Waals surface area contributed by atoms with E-state index >= 15 is 0 Å². The lowest BCUT2D eigenvalue weighted by Gasteiger charge is -2.09. The highest BCUT2D eigenvalue weighted by Crippen LogP contribution is 2.20. The first-order valence-electron chi connectivity index (χ1n) is 5.31. The van der Waals surface area contributed by atoms with Gasteiger partial charge in [-0.2, -0.15) is 0 Å². The van der Waals surface area contributed by atoms with E-state index in [2.05, 4.69) is 5.32 Å². The lowest BCUT2D eigenvalue weighted by atomic mass is 10.2. The predicted molar refractivity (Wildman–Crippen MR) is 60.4 cm³/mol. The van der Waals surface area contributed by atoms with Gasteiger partial charge >= 0.3 is 5.97 Å². The van der Waals surface area contributed by atoms with Gasteiger partial charge in [0.25, 0.3) is 0 Å². The van der Waals surface area contributed by atoms with Gasteiger partial charge in [-0.3, -0.25) is 0 Å². The van der Waals surface area contributed by atoms with Crippen LogP contribution in [0.3, 0.4) is 0 Å². The zero-order valence-electron chi connectivity index (χ0n) is 8.53. The van der Waals surface area contributed by atoms with Crippen LogP contribution in [-0.4, -0.2) is 17.1 Å². The van der Waals surface area contributed by atoms with Gasteiger partial charge in [0.15, 0.2) is 0 Å². The number of carbonyl (C=O) groups is 1. The van der Waals surface area contributed by atoms with Crippen LogP contribution in [0.5, 0.6) is 0 Å². The van der Waals surface area contributed by atoms with Crippen LogP contribution in [0.25, 0.3) is 0 Å². The molecule has 2 rings (SSSR count). The maximum Gasteiger partial charge on any atom is 0.345 e. The molecule has 1 aliphatic carbocycles. The van der Waals surface area contributed by atoms with Crippen LogP contribution >= 0.6 is 11.3 Å². The van der Waals surface area contributed by atoms with Gasteiger partial charge in [0.05, 0.1) is 0 Å². The van der Waals surface area contributed by atoms with Gasteiger partial charge in [0.1, 0.15) is 4.88 Å². The Kier molecular flexibility index (Phi) is 3.38. The minimum absolute atomic E-state index is 0.429. The van der Waals surface area contributed by atoms with Crippen molar-refractivity contribution < 1.29 is 9.90 Å². The second kappa shape index (κ2) is 4.77. The summed E-state index contributed by atoms with van der Waals surface area (Å²) in [5, 5.41) is 12.2. The number of carboxylic acids is 1. The molecule has 0 radical (unpaired) electrons. The third-order valence-corrected chi connectivity index (χ3v) is 3.87. The van der Waals surface area contributed by atoms with Gasteiger partial charge in [-0.1, -0.05) is 12.8 Å². The minimum atomic E-state index is -0.827. The van der Waals surface area contributed by atoms with Crippen molar-refractivity contribution in [2.45, 2.75) is 38.3 Å². The number of hydrogen-bond donors (Lipinski definition) is 2. The number of thiophene rings is 1. The van der Waals surface area contributed by atoms with Crippen molar-refractivity contribution in [3.8, 4) is 0 Å². The van der Waals surface area contributed by atoms with E-state index in [-0.39, 0.29) is 0 Å². The van der Waals surface area contributed by atoms with Gasteiger partial charge in [0, 0.05) is 17.5 Å². The first kappa shape index (κ1) is 10.6. The van der Waals surface area contributed by atoms with E-state index in [4.69, 9.17) is 5.11 Å². The molecule has 0 aliphatic heterocycles. The van der Waals surface area contributed by atoms with Crippen LogP contribution in [0.15, 0.2) is 12.1 Å². The molecule has 0 aromatic carbocycles. The van der Waals surface area contributed by atoms with Crippen LogP contribution in [-0.2, 0) is 6.54 Å². The molecule has 1 saturated carbocycles. The average molecular weight is 225 g/mol. The SMILES string of the molecule is O=C(O)c1ccc(CNC2CCCC2)s1. The van der Waals surface area contributed by atoms with Crippen molar-refractivity contribution >= 4 is 17.3 Å². The summed E-state index contributed by atoms with van der Waals surface area (Å²) in [4.78, 5) is 12.2. The van der Waals surface area contributed by atoms with E-state index in [1.807, 2.05) is 6.07 Å². The van der Waals surface area contributed by atoms with Gasteiger partial charge in [-0.15, -0.1) is 11.3 Å². The van der Waals surface area contributed by atoms with Crippen LogP contribution < -0.4 is 5.32 Å². The van der Waals surface area contributed by atoms with Gasteiger partial charge in [-0.25, -0.2) is 4.79 Å². The molecule has 0 amide bonds. The Bertz CT molecular complexity index is 342. The maximum atomic E-state index is 10.7. The topological polar surface area (TPSA) is 49.3 Å². The molecule has 2 N–H and O–H groups in total. The van der Waals surface area contributed by atoms with Crippen molar-refractivity contribution in [2.75, 3.05) is 0 Å². The van der Waals surface area contributed by atoms with Crippen molar-refractivity contribution in [2.24, 2.45) is 0 Å². The monoisotopic (exact) mass is 225 g/mol. The average Bonchev–Trinajstić information content (AvgIpc) is 2.86. The molecule has 0 bridgehead atoms. The second-order valence-corrected chi connectivity index (χ2v) is 5.10. The zero-order valence-corrected chi connectivity index (χ0v) is 9.35. The predicted octanol–water partition coefficient (Wildman–Crippen LogP) is 2.48. The highest BCUT2D eigenvalue weighted by Gasteiger charge is 2.14. The first-order chi connectivity index (χ1) is 7.25. The van der Waals surface area contributed by atoms with Crippen molar-refractivity contribution in [3.05, 3.63) is 21.9 Å². The number of aromatic carboxylic acids is 1. The fraction of sp³-hybridized carbons (Fsp3) is 0.545. The molecule has 1 heterocycles. The molecule has 1 aromatic rings. The summed E-state index contributed by atoms with van der Waals surface area (Å²) in [7, 11) is 0. The van der Waals surface area contributed by atoms with E-state index in [9.17, 15) is 4.79 Å². The normalized spacial score (nSPS) is 17.1. The smallest absolute Gasteiger partial charge is 0.345 e. The Hall–Kier alpha value is -0.870. The van der Waals surface area contributed by atoms with Crippen molar-refractivity contribution in [1.29, 1.82) is 0 Å². The number of hydrogen-bond acceptors (Lipinski definition) is 3. The van der Waals surface area contributed by atoms with Crippen LogP contribution in [0, 0.1) is 0 Å². The molecule has 4 heteroatoms. The fourth-order valence-electron chi connectivity index (χ4n) is 1.96. The summed E-state index contributed by atoms with van der Waals surface area (Å²) < 4.78 is 0. The van der Waals surface area contributed by atoms with Gasteiger partial charge < -0.3 is 10.4 Å². The Balaban J connectivity index is 1.84. The fourth-order valence-corrected chi connectivity index (χ4v) is 2.76. The minimum Gasteiger partial charge on any atom is -0.477 e. The molecule has 3 nitrogen and oxygen atoms in total.